The second-order valence-corrected chi connectivity index (χ2v) is 12.7. The molecule has 2 aliphatic rings. The zero-order chi connectivity index (χ0) is 26.7. The number of nitrogens with zero attached hydrogens (tertiary/aromatic N) is 1. The van der Waals surface area contributed by atoms with Crippen molar-refractivity contribution in [3.05, 3.63) is 46.8 Å². The van der Waals surface area contributed by atoms with Gasteiger partial charge < -0.3 is 20.3 Å². The molecule has 1 saturated heterocycles. The summed E-state index contributed by atoms with van der Waals surface area (Å²) in [5.74, 6) is 7.90. The highest BCUT2D eigenvalue weighted by molar-refractivity contribution is 7.89. The van der Waals surface area contributed by atoms with Crippen molar-refractivity contribution in [2.45, 2.75) is 50.0 Å². The fraction of sp³-hybridized carbons (Fsp3) is 0.448. The molecule has 202 valence electrons. The molecule has 9 heteroatoms. The van der Waals surface area contributed by atoms with E-state index in [1.165, 1.54) is 66.3 Å². The molecule has 2 heterocycles. The van der Waals surface area contributed by atoms with E-state index in [-0.39, 0.29) is 4.90 Å². The van der Waals surface area contributed by atoms with Crippen LogP contribution in [0.5, 0.6) is 5.75 Å². The number of thiophene rings is 1. The van der Waals surface area contributed by atoms with E-state index in [1.807, 2.05) is 0 Å². The number of rotatable bonds is 9. The second-order valence-electron chi connectivity index (χ2n) is 10.2. The molecule has 7 nitrogen and oxygen atoms in total. The summed E-state index contributed by atoms with van der Waals surface area (Å²) < 4.78 is 30.0. The SMILES string of the molecule is CCN1CCC(Nc2cccc3c(CC4CC4)c(C#CCNc4ccc(S(N)(=O)=O)cc4OC)sc23)CC1. The lowest BCUT2D eigenvalue weighted by Crippen LogP contribution is -2.38. The van der Waals surface area contributed by atoms with E-state index < -0.39 is 10.0 Å². The van der Waals surface area contributed by atoms with Crippen molar-refractivity contribution in [2.75, 3.05) is 43.9 Å². The Kier molecular flexibility index (Phi) is 8.15. The number of nitrogens with two attached hydrogens (primary N) is 1. The van der Waals surface area contributed by atoms with Crippen LogP contribution in [0.4, 0.5) is 11.4 Å². The first-order valence-electron chi connectivity index (χ1n) is 13.3. The predicted octanol–water partition coefficient (Wildman–Crippen LogP) is 4.87. The summed E-state index contributed by atoms with van der Waals surface area (Å²) in [6.07, 6.45) is 6.02. The van der Waals surface area contributed by atoms with Crippen molar-refractivity contribution in [2.24, 2.45) is 11.1 Å². The number of hydrogen-bond donors (Lipinski definition) is 3. The van der Waals surface area contributed by atoms with Crippen LogP contribution < -0.4 is 20.5 Å². The van der Waals surface area contributed by atoms with Gasteiger partial charge in [-0.3, -0.25) is 0 Å². The van der Waals surface area contributed by atoms with Gasteiger partial charge in [-0.15, -0.1) is 11.3 Å². The molecule has 1 aliphatic carbocycles. The molecule has 1 aromatic heterocycles. The number of piperidine rings is 1. The minimum absolute atomic E-state index is 0.0151. The minimum Gasteiger partial charge on any atom is -0.495 e. The van der Waals surface area contributed by atoms with Gasteiger partial charge in [-0.2, -0.15) is 0 Å². The molecule has 0 radical (unpaired) electrons. The van der Waals surface area contributed by atoms with Gasteiger partial charge in [0, 0.05) is 25.2 Å². The molecular formula is C29H36N4O3S2. The molecule has 0 atom stereocenters. The largest absolute Gasteiger partial charge is 0.495 e. The molecule has 5 rings (SSSR count). The lowest BCUT2D eigenvalue weighted by atomic mass is 10.0. The Labute approximate surface area is 229 Å². The average molecular weight is 553 g/mol. The number of primary sulfonamides is 1. The number of likely N-dealkylation sites (tertiary alicyclic amines) is 1. The van der Waals surface area contributed by atoms with Crippen molar-refractivity contribution in [3.63, 3.8) is 0 Å². The van der Waals surface area contributed by atoms with E-state index in [0.717, 1.165) is 36.9 Å². The topological polar surface area (TPSA) is 96.7 Å². The normalized spacial score (nSPS) is 16.7. The summed E-state index contributed by atoms with van der Waals surface area (Å²) >= 11 is 1.79. The minimum atomic E-state index is -3.79. The molecule has 0 bridgehead atoms. The first-order valence-corrected chi connectivity index (χ1v) is 15.7. The maximum absolute atomic E-state index is 11.7. The Balaban J connectivity index is 1.35. The lowest BCUT2D eigenvalue weighted by Gasteiger charge is -2.32. The second kappa shape index (κ2) is 11.5. The van der Waals surface area contributed by atoms with Crippen molar-refractivity contribution in [1.82, 2.24) is 4.90 Å². The van der Waals surface area contributed by atoms with Crippen LogP contribution in [-0.2, 0) is 16.4 Å². The van der Waals surface area contributed by atoms with Gasteiger partial charge in [-0.25, -0.2) is 13.6 Å². The van der Waals surface area contributed by atoms with E-state index in [4.69, 9.17) is 9.88 Å². The van der Waals surface area contributed by atoms with Gasteiger partial charge in [0.2, 0.25) is 10.0 Å². The van der Waals surface area contributed by atoms with Gasteiger partial charge in [0.1, 0.15) is 5.75 Å². The molecule has 2 fully saturated rings. The number of fused-ring (bicyclic) bond motifs is 1. The van der Waals surface area contributed by atoms with Crippen LogP contribution >= 0.6 is 11.3 Å². The molecule has 0 spiro atoms. The number of sulfonamides is 1. The maximum atomic E-state index is 11.7. The number of benzene rings is 2. The molecular weight excluding hydrogens is 516 g/mol. The third-order valence-electron chi connectivity index (χ3n) is 7.47. The summed E-state index contributed by atoms with van der Waals surface area (Å²) in [5, 5.41) is 13.7. The van der Waals surface area contributed by atoms with Crippen LogP contribution in [0.15, 0.2) is 41.3 Å². The molecule has 1 saturated carbocycles. The first-order chi connectivity index (χ1) is 18.4. The van der Waals surface area contributed by atoms with Crippen LogP contribution in [0.3, 0.4) is 0 Å². The number of ether oxygens (including phenoxy) is 1. The summed E-state index contributed by atoms with van der Waals surface area (Å²) in [5.41, 5.74) is 3.27. The summed E-state index contributed by atoms with van der Waals surface area (Å²) in [4.78, 5) is 3.67. The Hall–Kier alpha value is -2.77. The van der Waals surface area contributed by atoms with Gasteiger partial charge in [-0.05, 0) is 73.7 Å². The van der Waals surface area contributed by atoms with Crippen LogP contribution in [0, 0.1) is 17.8 Å². The molecule has 1 aliphatic heterocycles. The molecule has 4 N–H and O–H groups in total. The van der Waals surface area contributed by atoms with Crippen LogP contribution in [0.2, 0.25) is 0 Å². The van der Waals surface area contributed by atoms with E-state index in [0.29, 0.717) is 24.0 Å². The number of hydrogen-bond acceptors (Lipinski definition) is 7. The fourth-order valence-electron chi connectivity index (χ4n) is 5.07. The van der Waals surface area contributed by atoms with Gasteiger partial charge >= 0.3 is 0 Å². The molecule has 2 aromatic carbocycles. The first kappa shape index (κ1) is 26.8. The van der Waals surface area contributed by atoms with Gasteiger partial charge in [0.25, 0.3) is 0 Å². The summed E-state index contributed by atoms with van der Waals surface area (Å²) in [6, 6.07) is 11.7. The van der Waals surface area contributed by atoms with Gasteiger partial charge in [0.05, 0.1) is 39.5 Å². The van der Waals surface area contributed by atoms with Gasteiger partial charge in [0.15, 0.2) is 0 Å². The predicted molar refractivity (Wildman–Crippen MR) is 157 cm³/mol. The van der Waals surface area contributed by atoms with Crippen LogP contribution in [0.25, 0.3) is 10.1 Å². The Morgan fingerprint density at radius 1 is 1.13 bits per heavy atom. The molecule has 0 unspecified atom stereocenters. The van der Waals surface area contributed by atoms with E-state index in [1.54, 1.807) is 17.4 Å². The molecule has 0 amide bonds. The lowest BCUT2D eigenvalue weighted by molar-refractivity contribution is 0.229. The Morgan fingerprint density at radius 3 is 2.61 bits per heavy atom. The fourth-order valence-corrected chi connectivity index (χ4v) is 6.78. The van der Waals surface area contributed by atoms with Crippen molar-refractivity contribution in [3.8, 4) is 17.6 Å². The summed E-state index contributed by atoms with van der Waals surface area (Å²) in [7, 11) is -2.30. The van der Waals surface area contributed by atoms with Crippen molar-refractivity contribution >= 4 is 42.8 Å². The quantitative estimate of drug-likeness (QED) is 0.328. The smallest absolute Gasteiger partial charge is 0.238 e. The number of nitrogens with one attached hydrogen (secondary N) is 2. The monoisotopic (exact) mass is 552 g/mol. The highest BCUT2D eigenvalue weighted by Gasteiger charge is 2.26. The van der Waals surface area contributed by atoms with Crippen molar-refractivity contribution < 1.29 is 13.2 Å². The maximum Gasteiger partial charge on any atom is 0.238 e. The Bertz CT molecular complexity index is 1460. The number of anilines is 2. The average Bonchev–Trinajstić information content (AvgIpc) is 3.67. The number of methoxy groups -OCH3 is 1. The zero-order valence-electron chi connectivity index (χ0n) is 22.0. The third kappa shape index (κ3) is 6.26. The third-order valence-corrected chi connectivity index (χ3v) is 9.58. The molecule has 38 heavy (non-hydrogen) atoms. The van der Waals surface area contributed by atoms with Crippen LogP contribution in [-0.4, -0.2) is 52.6 Å². The van der Waals surface area contributed by atoms with Gasteiger partial charge in [-0.1, -0.05) is 30.9 Å². The highest BCUT2D eigenvalue weighted by Crippen LogP contribution is 2.41. The van der Waals surface area contributed by atoms with E-state index >= 15 is 0 Å². The van der Waals surface area contributed by atoms with E-state index in [9.17, 15) is 8.42 Å². The highest BCUT2D eigenvalue weighted by atomic mass is 32.2. The summed E-state index contributed by atoms with van der Waals surface area (Å²) in [6.45, 7) is 6.08. The van der Waals surface area contributed by atoms with E-state index in [2.05, 4.69) is 52.5 Å². The van der Waals surface area contributed by atoms with Crippen LogP contribution in [0.1, 0.15) is 43.0 Å². The standard InChI is InChI=1S/C29H36N4O3S2/c1-3-33-16-13-21(14-17-33)32-26-7-4-6-23-24(18-20-9-10-20)28(37-29(23)26)8-5-15-31-25-12-11-22(38(30,34)35)19-27(25)36-2/h4,6-7,11-12,19-21,31-32H,3,9-10,13-18H2,1-2H3,(H2,30,34,35). The Morgan fingerprint density at radius 2 is 1.92 bits per heavy atom. The zero-order valence-corrected chi connectivity index (χ0v) is 23.7. The van der Waals surface area contributed by atoms with Crippen molar-refractivity contribution in [1.29, 1.82) is 0 Å². The molecule has 3 aromatic rings.